The minimum absolute atomic E-state index is 0.167. The highest BCUT2D eigenvalue weighted by molar-refractivity contribution is 7.88. The van der Waals surface area contributed by atoms with Gasteiger partial charge in [0.25, 0.3) is 0 Å². The summed E-state index contributed by atoms with van der Waals surface area (Å²) in [4.78, 5) is 28.2. The number of carbonyl (C=O) groups is 1. The van der Waals surface area contributed by atoms with Gasteiger partial charge >= 0.3 is 6.03 Å². The maximum atomic E-state index is 13.6. The number of thiazole rings is 1. The van der Waals surface area contributed by atoms with Crippen LogP contribution in [0.25, 0.3) is 11.4 Å². The molecule has 35 heavy (non-hydrogen) atoms. The fraction of sp³-hybridized carbons (Fsp3) is 0.417. The molecule has 184 valence electrons. The summed E-state index contributed by atoms with van der Waals surface area (Å²) in [5.41, 5.74) is 3.16. The molecule has 2 N–H and O–H groups in total. The van der Waals surface area contributed by atoms with E-state index >= 15 is 0 Å². The van der Waals surface area contributed by atoms with Crippen molar-refractivity contribution in [3.63, 3.8) is 0 Å². The number of morpholine rings is 1. The van der Waals surface area contributed by atoms with Crippen LogP contribution in [-0.4, -0.2) is 58.0 Å². The van der Waals surface area contributed by atoms with Gasteiger partial charge in [-0.3, -0.25) is 4.21 Å². The Hall–Kier alpha value is -2.89. The van der Waals surface area contributed by atoms with Gasteiger partial charge in [-0.15, -0.1) is 11.3 Å². The van der Waals surface area contributed by atoms with Gasteiger partial charge in [-0.2, -0.15) is 0 Å². The van der Waals surface area contributed by atoms with Gasteiger partial charge in [-0.25, -0.2) is 19.7 Å². The summed E-state index contributed by atoms with van der Waals surface area (Å²) >= 11 is 1.44. The lowest BCUT2D eigenvalue weighted by atomic mass is 10.1. The molecule has 1 unspecified atom stereocenters. The number of aryl methyl sites for hydroxylation is 1. The van der Waals surface area contributed by atoms with E-state index in [2.05, 4.69) is 27.4 Å². The summed E-state index contributed by atoms with van der Waals surface area (Å²) in [6, 6.07) is 9.30. The Morgan fingerprint density at radius 3 is 2.63 bits per heavy atom. The van der Waals surface area contributed by atoms with E-state index in [-0.39, 0.29) is 12.1 Å². The van der Waals surface area contributed by atoms with Crippen molar-refractivity contribution in [2.45, 2.75) is 41.8 Å². The second-order valence-electron chi connectivity index (χ2n) is 8.85. The maximum absolute atomic E-state index is 13.6. The van der Waals surface area contributed by atoms with Crippen LogP contribution in [0.15, 0.2) is 40.1 Å². The number of carbonyl (C=O) groups excluding carboxylic acids is 1. The van der Waals surface area contributed by atoms with Crippen molar-refractivity contribution in [2.24, 2.45) is 0 Å². The summed E-state index contributed by atoms with van der Waals surface area (Å²) in [5.74, 6) is 1.38. The monoisotopic (exact) mass is 512 g/mol. The van der Waals surface area contributed by atoms with Crippen molar-refractivity contribution in [1.82, 2.24) is 20.3 Å². The molecule has 3 aromatic rings. The average Bonchev–Trinajstić information content (AvgIpc) is 3.58. The molecule has 2 amide bonds. The number of nitrogens with zero attached hydrogens (tertiary/aromatic N) is 4. The predicted octanol–water partition coefficient (Wildman–Crippen LogP) is 3.68. The van der Waals surface area contributed by atoms with Crippen LogP contribution in [0.1, 0.15) is 31.2 Å². The summed E-state index contributed by atoms with van der Waals surface area (Å²) in [6.07, 6.45) is 1.59. The summed E-state index contributed by atoms with van der Waals surface area (Å²) in [7, 11) is 0.280. The number of nitrogens with one attached hydrogen (secondary N) is 2. The number of ether oxygens (including phenoxy) is 1. The van der Waals surface area contributed by atoms with E-state index < -0.39 is 15.5 Å². The molecule has 1 saturated heterocycles. The predicted molar refractivity (Wildman–Crippen MR) is 137 cm³/mol. The molecule has 0 bridgehead atoms. The van der Waals surface area contributed by atoms with Crippen LogP contribution in [-0.2, 0) is 20.3 Å². The SMILES string of the molecule is CNC(=O)Nc1ccc(-c2nc(N3CCOC[C@@H]3C)cc(C3(S(=O)c4nc(C)cs4)CC3)n2)cc1. The van der Waals surface area contributed by atoms with Gasteiger partial charge in [0.15, 0.2) is 10.2 Å². The minimum Gasteiger partial charge on any atom is -0.377 e. The highest BCUT2D eigenvalue weighted by Gasteiger charge is 2.53. The lowest BCUT2D eigenvalue weighted by molar-refractivity contribution is 0.0985. The van der Waals surface area contributed by atoms with Crippen LogP contribution in [0, 0.1) is 6.92 Å². The van der Waals surface area contributed by atoms with Crippen molar-refractivity contribution >= 4 is 39.7 Å². The quantitative estimate of drug-likeness (QED) is 0.518. The van der Waals surface area contributed by atoms with Gasteiger partial charge in [0.2, 0.25) is 0 Å². The zero-order valence-electron chi connectivity index (χ0n) is 19.9. The van der Waals surface area contributed by atoms with Crippen molar-refractivity contribution in [2.75, 3.05) is 37.0 Å². The first-order valence-corrected chi connectivity index (χ1v) is 13.6. The van der Waals surface area contributed by atoms with E-state index in [9.17, 15) is 9.00 Å². The maximum Gasteiger partial charge on any atom is 0.318 e. The molecule has 0 radical (unpaired) electrons. The topological polar surface area (TPSA) is 109 Å². The van der Waals surface area contributed by atoms with Gasteiger partial charge in [-0.05, 0) is 51.0 Å². The van der Waals surface area contributed by atoms with E-state index in [1.54, 1.807) is 7.05 Å². The second kappa shape index (κ2) is 9.63. The molecule has 1 aliphatic heterocycles. The van der Waals surface area contributed by atoms with E-state index in [1.807, 2.05) is 42.6 Å². The summed E-state index contributed by atoms with van der Waals surface area (Å²) < 4.78 is 19.4. The van der Waals surface area contributed by atoms with Crippen LogP contribution < -0.4 is 15.5 Å². The minimum atomic E-state index is -1.29. The second-order valence-corrected chi connectivity index (χ2v) is 11.7. The van der Waals surface area contributed by atoms with E-state index in [4.69, 9.17) is 14.7 Å². The lowest BCUT2D eigenvalue weighted by Gasteiger charge is -2.34. The molecule has 1 aliphatic carbocycles. The van der Waals surface area contributed by atoms with Crippen LogP contribution >= 0.6 is 11.3 Å². The Morgan fingerprint density at radius 2 is 2.00 bits per heavy atom. The fourth-order valence-electron chi connectivity index (χ4n) is 4.14. The zero-order chi connectivity index (χ0) is 24.6. The molecule has 2 aliphatic rings. The molecular weight excluding hydrogens is 484 g/mol. The van der Waals surface area contributed by atoms with Gasteiger partial charge in [0.1, 0.15) is 5.82 Å². The van der Waals surface area contributed by atoms with E-state index in [0.717, 1.165) is 42.2 Å². The lowest BCUT2D eigenvalue weighted by Crippen LogP contribution is -2.44. The van der Waals surface area contributed by atoms with Crippen LogP contribution in [0.2, 0.25) is 0 Å². The Morgan fingerprint density at radius 1 is 1.23 bits per heavy atom. The average molecular weight is 513 g/mol. The van der Waals surface area contributed by atoms with Crippen molar-refractivity contribution in [1.29, 1.82) is 0 Å². The molecule has 2 aromatic heterocycles. The first-order chi connectivity index (χ1) is 16.9. The summed E-state index contributed by atoms with van der Waals surface area (Å²) in [6.45, 7) is 6.02. The number of rotatable bonds is 6. The van der Waals surface area contributed by atoms with Gasteiger partial charge in [0, 0.05) is 42.0 Å². The molecule has 9 nitrogen and oxygen atoms in total. The number of amides is 2. The Balaban J connectivity index is 1.55. The molecular formula is C24H28N6O3S2. The van der Waals surface area contributed by atoms with E-state index in [1.165, 1.54) is 11.3 Å². The highest BCUT2D eigenvalue weighted by atomic mass is 32.2. The number of urea groups is 1. The first-order valence-electron chi connectivity index (χ1n) is 11.6. The Labute approximate surface area is 210 Å². The molecule has 5 rings (SSSR count). The van der Waals surface area contributed by atoms with E-state index in [0.29, 0.717) is 29.1 Å². The van der Waals surface area contributed by atoms with Gasteiger partial charge in [-0.1, -0.05) is 0 Å². The highest BCUT2D eigenvalue weighted by Crippen LogP contribution is 2.53. The zero-order valence-corrected chi connectivity index (χ0v) is 21.5. The molecule has 0 spiro atoms. The smallest absolute Gasteiger partial charge is 0.318 e. The number of aromatic nitrogens is 3. The van der Waals surface area contributed by atoms with Gasteiger partial charge < -0.3 is 20.3 Å². The van der Waals surface area contributed by atoms with Crippen molar-refractivity contribution in [3.05, 3.63) is 47.1 Å². The van der Waals surface area contributed by atoms with Crippen molar-refractivity contribution in [3.8, 4) is 11.4 Å². The molecule has 1 saturated carbocycles. The van der Waals surface area contributed by atoms with Crippen LogP contribution in [0.3, 0.4) is 0 Å². The third-order valence-electron chi connectivity index (χ3n) is 6.28. The number of benzene rings is 1. The van der Waals surface area contributed by atoms with Crippen molar-refractivity contribution < 1.29 is 13.7 Å². The third kappa shape index (κ3) is 4.80. The first kappa shape index (κ1) is 23.8. The largest absolute Gasteiger partial charge is 0.377 e. The molecule has 3 heterocycles. The van der Waals surface area contributed by atoms with Crippen LogP contribution in [0.4, 0.5) is 16.3 Å². The standard InChI is InChI=1S/C24H28N6O3S2/c1-15-14-34-23(26-15)35(32)24(8-9-24)19-12-20(30-10-11-33-13-16(30)2)29-21(28-19)17-4-6-18(7-5-17)27-22(31)25-3/h4-7,12,14,16H,8-11,13H2,1-3H3,(H2,25,27,31)/t16-,35?/m0/s1. The molecule has 2 atom stereocenters. The Kier molecular flexibility index (Phi) is 6.56. The number of hydrogen-bond donors (Lipinski definition) is 2. The number of anilines is 2. The van der Waals surface area contributed by atoms with Crippen LogP contribution in [0.5, 0.6) is 0 Å². The Bertz CT molecular complexity index is 1260. The summed E-state index contributed by atoms with van der Waals surface area (Å²) in [5, 5.41) is 7.24. The normalized spacial score (nSPS) is 19.7. The fourth-order valence-corrected chi connectivity index (χ4v) is 6.96. The molecule has 1 aromatic carbocycles. The molecule has 2 fully saturated rings. The molecule has 11 heteroatoms. The van der Waals surface area contributed by atoms with Gasteiger partial charge in [0.05, 0.1) is 40.5 Å². The number of hydrogen-bond acceptors (Lipinski definition) is 8. The third-order valence-corrected chi connectivity index (χ3v) is 9.52.